The Bertz CT molecular complexity index is 778. The van der Waals surface area contributed by atoms with Gasteiger partial charge in [0.15, 0.2) is 6.61 Å². The van der Waals surface area contributed by atoms with Gasteiger partial charge in [-0.3, -0.25) is 9.59 Å². The standard InChI is InChI=1S/C20H21ClN2O4/c1-14(23-19(25)16-7-9-17(21)10-8-16)20(26)27-13-18(24)22-12-11-15-5-3-2-4-6-15/h2-10,14H,11-13H2,1H3,(H,22,24)(H,23,25)/t14-/m0/s1. The van der Waals surface area contributed by atoms with E-state index in [1.165, 1.54) is 6.92 Å². The Balaban J connectivity index is 1.68. The maximum atomic E-state index is 12.0. The highest BCUT2D eigenvalue weighted by Gasteiger charge is 2.19. The van der Waals surface area contributed by atoms with Gasteiger partial charge in [-0.15, -0.1) is 0 Å². The largest absolute Gasteiger partial charge is 0.454 e. The van der Waals surface area contributed by atoms with E-state index in [-0.39, 0.29) is 0 Å². The molecule has 2 aromatic carbocycles. The molecule has 0 fully saturated rings. The zero-order valence-corrected chi connectivity index (χ0v) is 15.7. The van der Waals surface area contributed by atoms with Crippen LogP contribution in [0.5, 0.6) is 0 Å². The van der Waals surface area contributed by atoms with Gasteiger partial charge >= 0.3 is 5.97 Å². The minimum atomic E-state index is -0.884. The molecule has 0 spiro atoms. The predicted molar refractivity (Wildman–Crippen MR) is 102 cm³/mol. The summed E-state index contributed by atoms with van der Waals surface area (Å²) in [5.41, 5.74) is 1.48. The van der Waals surface area contributed by atoms with Crippen molar-refractivity contribution in [1.29, 1.82) is 0 Å². The summed E-state index contributed by atoms with van der Waals surface area (Å²) in [6.07, 6.45) is 0.689. The van der Waals surface area contributed by atoms with Crippen molar-refractivity contribution in [2.45, 2.75) is 19.4 Å². The lowest BCUT2D eigenvalue weighted by Gasteiger charge is -2.13. The van der Waals surface area contributed by atoms with E-state index in [2.05, 4.69) is 10.6 Å². The highest BCUT2D eigenvalue weighted by atomic mass is 35.5. The molecule has 6 nitrogen and oxygen atoms in total. The predicted octanol–water partition coefficient (Wildman–Crippen LogP) is 2.36. The smallest absolute Gasteiger partial charge is 0.328 e. The second-order valence-corrected chi connectivity index (χ2v) is 6.33. The average Bonchev–Trinajstić information content (AvgIpc) is 2.67. The number of ether oxygens (including phenoxy) is 1. The van der Waals surface area contributed by atoms with E-state index in [4.69, 9.17) is 16.3 Å². The summed E-state index contributed by atoms with van der Waals surface area (Å²) in [5, 5.41) is 5.71. The first-order chi connectivity index (χ1) is 13.0. The number of hydrogen-bond acceptors (Lipinski definition) is 4. The lowest BCUT2D eigenvalue weighted by molar-refractivity contribution is -0.150. The van der Waals surface area contributed by atoms with Gasteiger partial charge in [0.25, 0.3) is 11.8 Å². The summed E-state index contributed by atoms with van der Waals surface area (Å²) in [5.74, 6) is -1.51. The van der Waals surface area contributed by atoms with Crippen LogP contribution >= 0.6 is 11.6 Å². The van der Waals surface area contributed by atoms with Gasteiger partial charge in [-0.05, 0) is 43.2 Å². The van der Waals surface area contributed by atoms with Crippen molar-refractivity contribution in [3.8, 4) is 0 Å². The second kappa shape index (κ2) is 10.3. The van der Waals surface area contributed by atoms with Gasteiger partial charge < -0.3 is 15.4 Å². The summed E-state index contributed by atoms with van der Waals surface area (Å²) >= 11 is 5.77. The van der Waals surface area contributed by atoms with Crippen LogP contribution in [0.15, 0.2) is 54.6 Å². The number of carbonyl (C=O) groups excluding carboxylic acids is 3. The zero-order valence-electron chi connectivity index (χ0n) is 14.9. The molecule has 0 unspecified atom stereocenters. The fourth-order valence-electron chi connectivity index (χ4n) is 2.24. The van der Waals surface area contributed by atoms with Crippen molar-refractivity contribution >= 4 is 29.4 Å². The van der Waals surface area contributed by atoms with Crippen molar-refractivity contribution < 1.29 is 19.1 Å². The van der Waals surface area contributed by atoms with Crippen LogP contribution in [0.4, 0.5) is 0 Å². The van der Waals surface area contributed by atoms with E-state index in [0.29, 0.717) is 23.6 Å². The van der Waals surface area contributed by atoms with E-state index in [9.17, 15) is 14.4 Å². The van der Waals surface area contributed by atoms with Gasteiger partial charge in [-0.25, -0.2) is 4.79 Å². The fourth-order valence-corrected chi connectivity index (χ4v) is 2.37. The normalized spacial score (nSPS) is 11.3. The summed E-state index contributed by atoms with van der Waals surface area (Å²) in [4.78, 5) is 35.7. The van der Waals surface area contributed by atoms with Gasteiger partial charge in [0.05, 0.1) is 0 Å². The molecule has 0 aliphatic rings. The molecule has 142 valence electrons. The highest BCUT2D eigenvalue weighted by molar-refractivity contribution is 6.30. The Hall–Kier alpha value is -2.86. The van der Waals surface area contributed by atoms with Crippen LogP contribution in [0.2, 0.25) is 5.02 Å². The lowest BCUT2D eigenvalue weighted by Crippen LogP contribution is -2.41. The molecule has 0 aliphatic carbocycles. The molecule has 1 atom stereocenters. The number of rotatable bonds is 8. The first-order valence-corrected chi connectivity index (χ1v) is 8.87. The van der Waals surface area contributed by atoms with E-state index >= 15 is 0 Å². The van der Waals surface area contributed by atoms with Crippen LogP contribution in [-0.2, 0) is 20.7 Å². The first-order valence-electron chi connectivity index (χ1n) is 8.49. The fraction of sp³-hybridized carbons (Fsp3) is 0.250. The molecule has 2 N–H and O–H groups in total. The molecule has 0 radical (unpaired) electrons. The summed E-state index contributed by atoms with van der Waals surface area (Å²) in [6.45, 7) is 1.54. The summed E-state index contributed by atoms with van der Waals surface area (Å²) < 4.78 is 4.94. The van der Waals surface area contributed by atoms with Gasteiger partial charge in [0.1, 0.15) is 6.04 Å². The minimum absolute atomic E-state index is 0.373. The van der Waals surface area contributed by atoms with Crippen LogP contribution in [0, 0.1) is 0 Å². The Labute approximate surface area is 162 Å². The zero-order chi connectivity index (χ0) is 19.6. The molecule has 2 aromatic rings. The van der Waals surface area contributed by atoms with E-state index < -0.39 is 30.4 Å². The van der Waals surface area contributed by atoms with Gasteiger partial charge in [0, 0.05) is 17.1 Å². The Morgan fingerprint density at radius 3 is 2.37 bits per heavy atom. The van der Waals surface area contributed by atoms with Gasteiger partial charge in [0.2, 0.25) is 0 Å². The van der Waals surface area contributed by atoms with Crippen molar-refractivity contribution in [1.82, 2.24) is 10.6 Å². The van der Waals surface area contributed by atoms with Crippen molar-refractivity contribution in [3.63, 3.8) is 0 Å². The van der Waals surface area contributed by atoms with E-state index in [1.807, 2.05) is 30.3 Å². The topological polar surface area (TPSA) is 84.5 Å². The maximum absolute atomic E-state index is 12.0. The van der Waals surface area contributed by atoms with E-state index in [0.717, 1.165) is 5.56 Å². The molecule has 2 amide bonds. The number of halogens is 1. The Morgan fingerprint density at radius 1 is 1.04 bits per heavy atom. The molecular weight excluding hydrogens is 368 g/mol. The molecule has 0 saturated carbocycles. The highest BCUT2D eigenvalue weighted by Crippen LogP contribution is 2.09. The third-order valence-electron chi connectivity index (χ3n) is 3.73. The molecule has 0 aromatic heterocycles. The van der Waals surface area contributed by atoms with Gasteiger partial charge in [-0.1, -0.05) is 41.9 Å². The molecule has 2 rings (SSSR count). The summed E-state index contributed by atoms with van der Waals surface area (Å²) in [7, 11) is 0. The molecular formula is C20H21ClN2O4. The van der Waals surface area contributed by atoms with Gasteiger partial charge in [-0.2, -0.15) is 0 Å². The first kappa shape index (κ1) is 20.5. The van der Waals surface area contributed by atoms with Crippen molar-refractivity contribution in [2.75, 3.05) is 13.2 Å². The van der Waals surface area contributed by atoms with Crippen LogP contribution < -0.4 is 10.6 Å². The number of nitrogens with one attached hydrogen (secondary N) is 2. The lowest BCUT2D eigenvalue weighted by atomic mass is 10.1. The second-order valence-electron chi connectivity index (χ2n) is 5.90. The summed E-state index contributed by atoms with van der Waals surface area (Å²) in [6, 6.07) is 15.1. The Morgan fingerprint density at radius 2 is 1.70 bits per heavy atom. The third-order valence-corrected chi connectivity index (χ3v) is 3.98. The monoisotopic (exact) mass is 388 g/mol. The van der Waals surface area contributed by atoms with Crippen LogP contribution in [0.25, 0.3) is 0 Å². The molecule has 0 aliphatic heterocycles. The molecule has 0 bridgehead atoms. The number of esters is 1. The maximum Gasteiger partial charge on any atom is 0.328 e. The van der Waals surface area contributed by atoms with Crippen LogP contribution in [0.1, 0.15) is 22.8 Å². The minimum Gasteiger partial charge on any atom is -0.454 e. The molecule has 0 saturated heterocycles. The van der Waals surface area contributed by atoms with Crippen molar-refractivity contribution in [2.24, 2.45) is 0 Å². The number of hydrogen-bond donors (Lipinski definition) is 2. The molecule has 7 heteroatoms. The quantitative estimate of drug-likeness (QED) is 0.680. The number of amides is 2. The SMILES string of the molecule is C[C@H](NC(=O)c1ccc(Cl)cc1)C(=O)OCC(=O)NCCc1ccccc1. The molecule has 0 heterocycles. The van der Waals surface area contributed by atoms with Crippen LogP contribution in [0.3, 0.4) is 0 Å². The average molecular weight is 389 g/mol. The number of carbonyl (C=O) groups is 3. The molecule has 27 heavy (non-hydrogen) atoms. The number of benzene rings is 2. The third kappa shape index (κ3) is 7.11. The van der Waals surface area contributed by atoms with Crippen LogP contribution in [-0.4, -0.2) is 37.0 Å². The Kier molecular flexibility index (Phi) is 7.82. The van der Waals surface area contributed by atoms with Crippen molar-refractivity contribution in [3.05, 3.63) is 70.7 Å². The van der Waals surface area contributed by atoms with E-state index in [1.54, 1.807) is 24.3 Å².